The molecule has 3 rings (SSSR count). The van der Waals surface area contributed by atoms with Crippen molar-refractivity contribution in [2.24, 2.45) is 0 Å². The molecule has 1 heterocycles. The van der Waals surface area contributed by atoms with Crippen molar-refractivity contribution in [2.45, 2.75) is 4.90 Å². The van der Waals surface area contributed by atoms with Crippen molar-refractivity contribution in [3.63, 3.8) is 0 Å². The van der Waals surface area contributed by atoms with Crippen molar-refractivity contribution in [3.05, 3.63) is 70.2 Å². The number of nitrogens with zero attached hydrogens (tertiary/aromatic N) is 2. The molecule has 26 heavy (non-hydrogen) atoms. The summed E-state index contributed by atoms with van der Waals surface area (Å²) in [5.41, 5.74) is 1.16. The van der Waals surface area contributed by atoms with E-state index in [0.29, 0.717) is 31.2 Å². The van der Waals surface area contributed by atoms with E-state index >= 15 is 0 Å². The first-order valence-electron chi connectivity index (χ1n) is 8.36. The number of rotatable bonds is 5. The van der Waals surface area contributed by atoms with Gasteiger partial charge in [-0.1, -0.05) is 65.7 Å². The van der Waals surface area contributed by atoms with Crippen LogP contribution in [0.3, 0.4) is 0 Å². The SMILES string of the molecule is O=S(=O)(c1cc(Cl)ccc1Cl)N1CCN(CC=Cc2ccccc2)CC1. The van der Waals surface area contributed by atoms with Crippen LogP contribution in [0.5, 0.6) is 0 Å². The summed E-state index contributed by atoms with van der Waals surface area (Å²) in [6.07, 6.45) is 4.18. The lowest BCUT2D eigenvalue weighted by Crippen LogP contribution is -2.48. The van der Waals surface area contributed by atoms with E-state index in [2.05, 4.69) is 29.2 Å². The minimum atomic E-state index is -3.63. The molecule has 0 amide bonds. The number of sulfonamides is 1. The van der Waals surface area contributed by atoms with Crippen LogP contribution >= 0.6 is 23.2 Å². The normalized spacial score (nSPS) is 17.0. The Morgan fingerprint density at radius 3 is 2.35 bits per heavy atom. The third kappa shape index (κ3) is 4.67. The van der Waals surface area contributed by atoms with Crippen LogP contribution in [0.25, 0.3) is 6.08 Å². The maximum Gasteiger partial charge on any atom is 0.244 e. The lowest BCUT2D eigenvalue weighted by molar-refractivity contribution is 0.204. The Morgan fingerprint density at radius 1 is 0.962 bits per heavy atom. The third-order valence-corrected chi connectivity index (χ3v) is 6.93. The second-order valence-corrected chi connectivity index (χ2v) is 8.84. The van der Waals surface area contributed by atoms with Crippen LogP contribution < -0.4 is 0 Å². The standard InChI is InChI=1S/C19H20Cl2N2O2S/c20-17-8-9-18(21)19(15-17)26(24,25)23-13-11-22(12-14-23)10-4-7-16-5-2-1-3-6-16/h1-9,15H,10-14H2. The monoisotopic (exact) mass is 410 g/mol. The van der Waals surface area contributed by atoms with Crippen molar-refractivity contribution in [2.75, 3.05) is 32.7 Å². The van der Waals surface area contributed by atoms with Gasteiger partial charge in [0.25, 0.3) is 0 Å². The zero-order valence-corrected chi connectivity index (χ0v) is 16.5. The summed E-state index contributed by atoms with van der Waals surface area (Å²) in [6.45, 7) is 3.02. The third-order valence-electron chi connectivity index (χ3n) is 4.32. The summed E-state index contributed by atoms with van der Waals surface area (Å²) < 4.78 is 27.1. The Hall–Kier alpha value is -1.37. The molecule has 0 saturated carbocycles. The fourth-order valence-corrected chi connectivity index (χ4v) is 5.03. The van der Waals surface area contributed by atoms with Crippen LogP contribution in [0.2, 0.25) is 10.0 Å². The molecule has 2 aromatic rings. The smallest absolute Gasteiger partial charge is 0.244 e. The summed E-state index contributed by atoms with van der Waals surface area (Å²) in [4.78, 5) is 2.30. The van der Waals surface area contributed by atoms with E-state index in [1.165, 1.54) is 16.4 Å². The van der Waals surface area contributed by atoms with Gasteiger partial charge in [0.1, 0.15) is 4.90 Å². The molecule has 0 bridgehead atoms. The zero-order valence-electron chi connectivity index (χ0n) is 14.2. The van der Waals surface area contributed by atoms with E-state index < -0.39 is 10.0 Å². The van der Waals surface area contributed by atoms with Crippen molar-refractivity contribution < 1.29 is 8.42 Å². The zero-order chi connectivity index (χ0) is 18.6. The molecule has 0 spiro atoms. The van der Waals surface area contributed by atoms with Crippen LogP contribution in [0.4, 0.5) is 0 Å². The molecule has 1 fully saturated rings. The second-order valence-electron chi connectivity index (χ2n) is 6.09. The molecule has 0 unspecified atom stereocenters. The predicted octanol–water partition coefficient (Wildman–Crippen LogP) is 4.01. The van der Waals surface area contributed by atoms with E-state index in [0.717, 1.165) is 12.1 Å². The number of hydrogen-bond donors (Lipinski definition) is 0. The summed E-state index contributed by atoms with van der Waals surface area (Å²) in [7, 11) is -3.63. The minimum absolute atomic E-state index is 0.0732. The fourth-order valence-electron chi connectivity index (χ4n) is 2.87. The highest BCUT2D eigenvalue weighted by Crippen LogP contribution is 2.28. The molecule has 138 valence electrons. The van der Waals surface area contributed by atoms with Crippen LogP contribution in [-0.4, -0.2) is 50.3 Å². The molecule has 1 aliphatic rings. The molecule has 0 N–H and O–H groups in total. The highest BCUT2D eigenvalue weighted by molar-refractivity contribution is 7.89. The first-order chi connectivity index (χ1) is 12.5. The molecule has 0 radical (unpaired) electrons. The van der Waals surface area contributed by atoms with E-state index in [-0.39, 0.29) is 9.92 Å². The van der Waals surface area contributed by atoms with Crippen molar-refractivity contribution in [1.82, 2.24) is 9.21 Å². The van der Waals surface area contributed by atoms with Gasteiger partial charge >= 0.3 is 0 Å². The molecular weight excluding hydrogens is 391 g/mol. The van der Waals surface area contributed by atoms with Gasteiger partial charge < -0.3 is 0 Å². The van der Waals surface area contributed by atoms with Gasteiger partial charge in [-0.15, -0.1) is 0 Å². The molecule has 1 aliphatic heterocycles. The number of piperazine rings is 1. The average Bonchev–Trinajstić information content (AvgIpc) is 2.65. The number of hydrogen-bond acceptors (Lipinski definition) is 3. The van der Waals surface area contributed by atoms with Gasteiger partial charge in [-0.25, -0.2) is 8.42 Å². The molecule has 0 aliphatic carbocycles. The second kappa shape index (κ2) is 8.55. The lowest BCUT2D eigenvalue weighted by Gasteiger charge is -2.33. The average molecular weight is 411 g/mol. The van der Waals surface area contributed by atoms with E-state index in [4.69, 9.17) is 23.2 Å². The van der Waals surface area contributed by atoms with Gasteiger partial charge in [-0.2, -0.15) is 4.31 Å². The molecule has 4 nitrogen and oxygen atoms in total. The highest BCUT2D eigenvalue weighted by atomic mass is 35.5. The molecular formula is C19H20Cl2N2O2S. The first-order valence-corrected chi connectivity index (χ1v) is 10.6. The van der Waals surface area contributed by atoms with Crippen molar-refractivity contribution >= 4 is 39.3 Å². The Bertz CT molecular complexity index is 878. The van der Waals surface area contributed by atoms with E-state index in [1.54, 1.807) is 6.07 Å². The molecule has 2 aromatic carbocycles. The maximum absolute atomic E-state index is 12.8. The van der Waals surface area contributed by atoms with Gasteiger partial charge in [-0.3, -0.25) is 4.90 Å². The quantitative estimate of drug-likeness (QED) is 0.747. The minimum Gasteiger partial charge on any atom is -0.297 e. The topological polar surface area (TPSA) is 40.6 Å². The summed E-state index contributed by atoms with van der Waals surface area (Å²) >= 11 is 12.0. The Labute approximate surface area is 164 Å². The predicted molar refractivity (Wildman–Crippen MR) is 107 cm³/mol. The summed E-state index contributed by atoms with van der Waals surface area (Å²) in [5.74, 6) is 0. The molecule has 0 aromatic heterocycles. The van der Waals surface area contributed by atoms with Crippen LogP contribution in [0, 0.1) is 0 Å². The molecule has 7 heteroatoms. The van der Waals surface area contributed by atoms with Gasteiger partial charge in [0.05, 0.1) is 5.02 Å². The molecule has 0 atom stereocenters. The number of halogens is 2. The molecule has 1 saturated heterocycles. The van der Waals surface area contributed by atoms with Crippen molar-refractivity contribution in [3.8, 4) is 0 Å². The Kier molecular flexibility index (Phi) is 6.37. The Morgan fingerprint density at radius 2 is 1.65 bits per heavy atom. The van der Waals surface area contributed by atoms with Gasteiger partial charge in [-0.05, 0) is 23.8 Å². The number of benzene rings is 2. The summed E-state index contributed by atoms with van der Waals surface area (Å²) in [6, 6.07) is 14.6. The van der Waals surface area contributed by atoms with Gasteiger partial charge in [0.15, 0.2) is 0 Å². The van der Waals surface area contributed by atoms with Crippen LogP contribution in [0.15, 0.2) is 59.5 Å². The lowest BCUT2D eigenvalue weighted by atomic mass is 10.2. The highest BCUT2D eigenvalue weighted by Gasteiger charge is 2.29. The van der Waals surface area contributed by atoms with Gasteiger partial charge in [0.2, 0.25) is 10.0 Å². The Balaban J connectivity index is 1.59. The van der Waals surface area contributed by atoms with E-state index in [9.17, 15) is 8.42 Å². The fraction of sp³-hybridized carbons (Fsp3) is 0.263. The van der Waals surface area contributed by atoms with Crippen LogP contribution in [0.1, 0.15) is 5.56 Å². The van der Waals surface area contributed by atoms with E-state index in [1.807, 2.05) is 18.2 Å². The largest absolute Gasteiger partial charge is 0.297 e. The first kappa shape index (κ1) is 19.4. The maximum atomic E-state index is 12.8. The van der Waals surface area contributed by atoms with Gasteiger partial charge in [0, 0.05) is 37.7 Å². The van der Waals surface area contributed by atoms with Crippen LogP contribution in [-0.2, 0) is 10.0 Å². The summed E-state index contributed by atoms with van der Waals surface area (Å²) in [5, 5.41) is 0.556. The van der Waals surface area contributed by atoms with Crippen molar-refractivity contribution in [1.29, 1.82) is 0 Å².